The van der Waals surface area contributed by atoms with Gasteiger partial charge in [0.2, 0.25) is 0 Å². The van der Waals surface area contributed by atoms with Gasteiger partial charge in [0.05, 0.1) is 6.61 Å². The molecular formula is C14H18O4. The van der Waals surface area contributed by atoms with Gasteiger partial charge in [0.15, 0.2) is 5.78 Å². The van der Waals surface area contributed by atoms with Crippen LogP contribution in [0.1, 0.15) is 19.8 Å². The lowest BCUT2D eigenvalue weighted by Gasteiger charge is -2.13. The molecule has 1 unspecified atom stereocenters. The second kappa shape index (κ2) is 7.61. The molecule has 4 heteroatoms. The highest BCUT2D eigenvalue weighted by atomic mass is 16.5. The predicted molar refractivity (Wildman–Crippen MR) is 68.0 cm³/mol. The van der Waals surface area contributed by atoms with Crippen molar-refractivity contribution in [2.75, 3.05) is 13.7 Å². The van der Waals surface area contributed by atoms with Crippen LogP contribution in [0.5, 0.6) is 0 Å². The number of Topliss-reactive ketones (excluding diaryl/α,β-unsaturated/α-hetero) is 1. The third kappa shape index (κ3) is 4.30. The van der Waals surface area contributed by atoms with E-state index in [2.05, 4.69) is 0 Å². The summed E-state index contributed by atoms with van der Waals surface area (Å²) in [6.45, 7) is 2.43. The number of ketones is 1. The van der Waals surface area contributed by atoms with Crippen LogP contribution in [0, 0.1) is 0 Å². The van der Waals surface area contributed by atoms with E-state index in [1.54, 1.807) is 18.2 Å². The Morgan fingerprint density at radius 2 is 2.28 bits per heavy atom. The Kier molecular flexibility index (Phi) is 6.08. The standard InChI is InChI=1S/C14H18O4/c1-3-4-10-18-13(15)9-8-11-6-5-7-12(17-2)14(11)16/h5-9,12H,3-4,10H2,1-2H3. The second-order valence-electron chi connectivity index (χ2n) is 3.88. The number of hydrogen-bond acceptors (Lipinski definition) is 4. The van der Waals surface area contributed by atoms with Crippen LogP contribution >= 0.6 is 0 Å². The van der Waals surface area contributed by atoms with Gasteiger partial charge in [-0.05, 0) is 18.6 Å². The van der Waals surface area contributed by atoms with Crippen LogP contribution in [0.15, 0.2) is 36.0 Å². The molecule has 0 radical (unpaired) electrons. The summed E-state index contributed by atoms with van der Waals surface area (Å²) in [4.78, 5) is 23.1. The molecule has 1 aliphatic carbocycles. The van der Waals surface area contributed by atoms with Crippen molar-refractivity contribution in [3.05, 3.63) is 36.0 Å². The SMILES string of the molecule is CCCCOC(=O)C=CC1=CC=CC(OC)C1=O. The highest BCUT2D eigenvalue weighted by molar-refractivity contribution is 6.04. The van der Waals surface area contributed by atoms with E-state index in [9.17, 15) is 9.59 Å². The molecule has 0 saturated heterocycles. The first-order chi connectivity index (χ1) is 8.69. The van der Waals surface area contributed by atoms with E-state index < -0.39 is 12.1 Å². The van der Waals surface area contributed by atoms with Crippen molar-refractivity contribution in [1.29, 1.82) is 0 Å². The van der Waals surface area contributed by atoms with Crippen molar-refractivity contribution in [2.45, 2.75) is 25.9 Å². The normalized spacial score (nSPS) is 19.1. The van der Waals surface area contributed by atoms with Crippen LogP contribution in [0.2, 0.25) is 0 Å². The minimum atomic E-state index is -0.564. The average Bonchev–Trinajstić information content (AvgIpc) is 2.38. The summed E-state index contributed by atoms with van der Waals surface area (Å²) in [6, 6.07) is 0. The molecule has 0 heterocycles. The Morgan fingerprint density at radius 1 is 1.50 bits per heavy atom. The van der Waals surface area contributed by atoms with Gasteiger partial charge in [-0.15, -0.1) is 0 Å². The van der Waals surface area contributed by atoms with Crippen LogP contribution in [-0.4, -0.2) is 31.6 Å². The maximum atomic E-state index is 11.8. The maximum Gasteiger partial charge on any atom is 0.330 e. The van der Waals surface area contributed by atoms with Crippen molar-refractivity contribution in [3.8, 4) is 0 Å². The third-order valence-corrected chi connectivity index (χ3v) is 2.50. The Labute approximate surface area is 107 Å². The van der Waals surface area contributed by atoms with Crippen LogP contribution in [0.25, 0.3) is 0 Å². The van der Waals surface area contributed by atoms with Gasteiger partial charge < -0.3 is 9.47 Å². The molecule has 0 fully saturated rings. The second-order valence-corrected chi connectivity index (χ2v) is 3.88. The summed E-state index contributed by atoms with van der Waals surface area (Å²) in [5.41, 5.74) is 0.441. The number of methoxy groups -OCH3 is 1. The van der Waals surface area contributed by atoms with E-state index in [1.165, 1.54) is 19.3 Å². The fourth-order valence-electron chi connectivity index (χ4n) is 1.44. The minimum Gasteiger partial charge on any atom is -0.463 e. The lowest BCUT2D eigenvalue weighted by molar-refractivity contribution is -0.137. The molecule has 0 bridgehead atoms. The molecule has 0 saturated carbocycles. The number of carbonyl (C=O) groups is 2. The molecule has 0 N–H and O–H groups in total. The Balaban J connectivity index is 2.51. The molecule has 18 heavy (non-hydrogen) atoms. The fraction of sp³-hybridized carbons (Fsp3) is 0.429. The Morgan fingerprint density at radius 3 is 2.94 bits per heavy atom. The van der Waals surface area contributed by atoms with Crippen molar-refractivity contribution in [3.63, 3.8) is 0 Å². The number of rotatable bonds is 6. The van der Waals surface area contributed by atoms with Gasteiger partial charge in [-0.2, -0.15) is 0 Å². The van der Waals surface area contributed by atoms with E-state index in [-0.39, 0.29) is 5.78 Å². The molecule has 0 spiro atoms. The first-order valence-corrected chi connectivity index (χ1v) is 5.99. The van der Waals surface area contributed by atoms with Gasteiger partial charge >= 0.3 is 5.97 Å². The Hall–Kier alpha value is -1.68. The van der Waals surface area contributed by atoms with Gasteiger partial charge in [0.25, 0.3) is 0 Å². The lowest BCUT2D eigenvalue weighted by Crippen LogP contribution is -2.23. The highest BCUT2D eigenvalue weighted by Gasteiger charge is 2.19. The van der Waals surface area contributed by atoms with Crippen molar-refractivity contribution >= 4 is 11.8 Å². The summed E-state index contributed by atoms with van der Waals surface area (Å²) in [5.74, 6) is -0.585. The molecule has 0 aromatic carbocycles. The van der Waals surface area contributed by atoms with E-state index in [1.807, 2.05) is 6.92 Å². The molecule has 0 aromatic heterocycles. The average molecular weight is 250 g/mol. The zero-order valence-corrected chi connectivity index (χ0v) is 10.7. The molecular weight excluding hydrogens is 232 g/mol. The monoisotopic (exact) mass is 250 g/mol. The minimum absolute atomic E-state index is 0.155. The number of carbonyl (C=O) groups excluding carboxylic acids is 2. The summed E-state index contributed by atoms with van der Waals surface area (Å²) >= 11 is 0. The smallest absolute Gasteiger partial charge is 0.330 e. The molecule has 0 amide bonds. The number of hydrogen-bond donors (Lipinski definition) is 0. The van der Waals surface area contributed by atoms with Gasteiger partial charge in [0, 0.05) is 18.8 Å². The number of ether oxygens (including phenoxy) is 2. The number of allylic oxidation sites excluding steroid dienone is 3. The molecule has 0 aliphatic heterocycles. The van der Waals surface area contributed by atoms with Crippen LogP contribution in [0.4, 0.5) is 0 Å². The number of esters is 1. The lowest BCUT2D eigenvalue weighted by atomic mass is 10.0. The van der Waals surface area contributed by atoms with Crippen molar-refractivity contribution in [1.82, 2.24) is 0 Å². The third-order valence-electron chi connectivity index (χ3n) is 2.50. The number of unbranched alkanes of at least 4 members (excludes halogenated alkanes) is 1. The summed E-state index contributed by atoms with van der Waals surface area (Å²) in [6.07, 6.45) is 9.03. The molecule has 98 valence electrons. The van der Waals surface area contributed by atoms with E-state index >= 15 is 0 Å². The van der Waals surface area contributed by atoms with Crippen molar-refractivity contribution < 1.29 is 19.1 Å². The van der Waals surface area contributed by atoms with E-state index in [0.717, 1.165) is 12.8 Å². The van der Waals surface area contributed by atoms with Gasteiger partial charge in [-0.1, -0.05) is 25.5 Å². The first-order valence-electron chi connectivity index (χ1n) is 5.99. The predicted octanol–water partition coefficient (Wildman–Crippen LogP) is 1.97. The first kappa shape index (κ1) is 14.4. The largest absolute Gasteiger partial charge is 0.463 e. The van der Waals surface area contributed by atoms with Crippen molar-refractivity contribution in [2.24, 2.45) is 0 Å². The Bertz CT molecular complexity index is 391. The van der Waals surface area contributed by atoms with E-state index in [0.29, 0.717) is 12.2 Å². The molecule has 1 rings (SSSR count). The molecule has 1 atom stereocenters. The summed E-state index contributed by atoms with van der Waals surface area (Å²) < 4.78 is 9.94. The van der Waals surface area contributed by atoms with Crippen LogP contribution in [0.3, 0.4) is 0 Å². The van der Waals surface area contributed by atoms with E-state index in [4.69, 9.17) is 9.47 Å². The maximum absolute atomic E-state index is 11.8. The van der Waals surface area contributed by atoms with Gasteiger partial charge in [0.1, 0.15) is 6.10 Å². The summed E-state index contributed by atoms with van der Waals surface area (Å²) in [7, 11) is 1.47. The fourth-order valence-corrected chi connectivity index (χ4v) is 1.44. The summed E-state index contributed by atoms with van der Waals surface area (Å²) in [5, 5.41) is 0. The zero-order valence-electron chi connectivity index (χ0n) is 10.7. The van der Waals surface area contributed by atoms with Crippen LogP contribution < -0.4 is 0 Å². The topological polar surface area (TPSA) is 52.6 Å². The zero-order chi connectivity index (χ0) is 13.4. The molecule has 4 nitrogen and oxygen atoms in total. The van der Waals surface area contributed by atoms with Gasteiger partial charge in [-0.3, -0.25) is 4.79 Å². The van der Waals surface area contributed by atoms with Crippen LogP contribution in [-0.2, 0) is 19.1 Å². The molecule has 1 aliphatic rings. The van der Waals surface area contributed by atoms with Gasteiger partial charge in [-0.25, -0.2) is 4.79 Å². The quantitative estimate of drug-likeness (QED) is 0.411. The highest BCUT2D eigenvalue weighted by Crippen LogP contribution is 2.12. The molecule has 0 aromatic rings.